The van der Waals surface area contributed by atoms with E-state index in [0.29, 0.717) is 13.2 Å². The lowest BCUT2D eigenvalue weighted by atomic mass is 9.86. The van der Waals surface area contributed by atoms with Crippen LogP contribution in [0.1, 0.15) is 36.9 Å². The normalized spacial score (nSPS) is 21.5. The highest BCUT2D eigenvalue weighted by atomic mass is 16.5. The Morgan fingerprint density at radius 2 is 2.08 bits per heavy atom. The van der Waals surface area contributed by atoms with Crippen LogP contribution in [0.4, 0.5) is 0 Å². The molecule has 1 unspecified atom stereocenters. The molecule has 134 valence electrons. The molecule has 1 aromatic carbocycles. The zero-order valence-corrected chi connectivity index (χ0v) is 14.9. The predicted molar refractivity (Wildman–Crippen MR) is 94.3 cm³/mol. The molecule has 1 aromatic rings. The van der Waals surface area contributed by atoms with Gasteiger partial charge in [0.05, 0.1) is 32.3 Å². The van der Waals surface area contributed by atoms with E-state index in [0.717, 1.165) is 18.8 Å². The topological polar surface area (TPSA) is 54.0 Å². The number of likely N-dealkylation sites (tertiary alicyclic amines) is 1. The number of hydrogen-bond donors (Lipinski definition) is 2. The van der Waals surface area contributed by atoms with E-state index in [-0.39, 0.29) is 18.1 Å². The maximum atomic E-state index is 9.55. The van der Waals surface area contributed by atoms with Gasteiger partial charge in [-0.1, -0.05) is 6.07 Å². The SMILES string of the molecule is COc1ccc(C(C)NCC2(CO)COC2)cc1CN1CCCC1. The second-order valence-electron chi connectivity index (χ2n) is 7.31. The van der Waals surface area contributed by atoms with Crippen LogP contribution in [0.5, 0.6) is 5.75 Å². The first-order valence-corrected chi connectivity index (χ1v) is 8.97. The first-order valence-electron chi connectivity index (χ1n) is 8.97. The highest BCUT2D eigenvalue weighted by Crippen LogP contribution is 2.29. The van der Waals surface area contributed by atoms with Crippen LogP contribution in [0.15, 0.2) is 18.2 Å². The number of rotatable bonds is 8. The van der Waals surface area contributed by atoms with Gasteiger partial charge in [-0.2, -0.15) is 0 Å². The third-order valence-electron chi connectivity index (χ3n) is 5.33. The summed E-state index contributed by atoms with van der Waals surface area (Å²) >= 11 is 0. The van der Waals surface area contributed by atoms with Gasteiger partial charge < -0.3 is 19.9 Å². The Bertz CT molecular complexity index is 534. The fraction of sp³-hybridized carbons (Fsp3) is 0.684. The van der Waals surface area contributed by atoms with E-state index < -0.39 is 0 Å². The lowest BCUT2D eigenvalue weighted by Gasteiger charge is -2.40. The average molecular weight is 334 g/mol. The number of nitrogens with zero attached hydrogens (tertiary/aromatic N) is 1. The summed E-state index contributed by atoms with van der Waals surface area (Å²) in [7, 11) is 1.74. The van der Waals surface area contributed by atoms with Crippen molar-refractivity contribution >= 4 is 0 Å². The molecule has 0 saturated carbocycles. The zero-order chi connectivity index (χ0) is 17.0. The summed E-state index contributed by atoms with van der Waals surface area (Å²) in [5.41, 5.74) is 2.42. The molecule has 2 saturated heterocycles. The van der Waals surface area contributed by atoms with E-state index in [1.54, 1.807) is 7.11 Å². The first kappa shape index (κ1) is 17.7. The molecule has 0 radical (unpaired) electrons. The van der Waals surface area contributed by atoms with Gasteiger partial charge in [0, 0.05) is 24.7 Å². The number of aliphatic hydroxyl groups excluding tert-OH is 1. The van der Waals surface area contributed by atoms with Crippen molar-refractivity contribution in [3.63, 3.8) is 0 Å². The zero-order valence-electron chi connectivity index (χ0n) is 14.9. The third-order valence-corrected chi connectivity index (χ3v) is 5.33. The highest BCUT2D eigenvalue weighted by molar-refractivity contribution is 5.38. The summed E-state index contributed by atoms with van der Waals surface area (Å²) < 4.78 is 10.8. The number of benzene rings is 1. The third kappa shape index (κ3) is 3.91. The van der Waals surface area contributed by atoms with Gasteiger partial charge >= 0.3 is 0 Å². The van der Waals surface area contributed by atoms with Gasteiger partial charge in [-0.3, -0.25) is 4.90 Å². The van der Waals surface area contributed by atoms with E-state index in [1.807, 2.05) is 0 Å². The minimum atomic E-state index is -0.0981. The number of aliphatic hydroxyl groups is 1. The van der Waals surface area contributed by atoms with Crippen LogP contribution in [0, 0.1) is 5.41 Å². The van der Waals surface area contributed by atoms with Crippen molar-refractivity contribution in [1.82, 2.24) is 10.2 Å². The second kappa shape index (κ2) is 7.83. The van der Waals surface area contributed by atoms with Crippen LogP contribution in [-0.4, -0.2) is 56.6 Å². The van der Waals surface area contributed by atoms with Crippen LogP contribution in [0.25, 0.3) is 0 Å². The molecule has 2 aliphatic rings. The summed E-state index contributed by atoms with van der Waals surface area (Å²) in [5, 5.41) is 13.1. The van der Waals surface area contributed by atoms with Crippen molar-refractivity contribution < 1.29 is 14.6 Å². The van der Waals surface area contributed by atoms with Crippen molar-refractivity contribution in [3.05, 3.63) is 29.3 Å². The van der Waals surface area contributed by atoms with Gasteiger partial charge in [-0.05, 0) is 50.6 Å². The summed E-state index contributed by atoms with van der Waals surface area (Å²) in [5.74, 6) is 0.970. The molecule has 5 nitrogen and oxygen atoms in total. The summed E-state index contributed by atoms with van der Waals surface area (Å²) in [6.45, 7) is 7.73. The Labute approximate surface area is 144 Å². The Hall–Kier alpha value is -1.14. The van der Waals surface area contributed by atoms with Crippen LogP contribution in [0.3, 0.4) is 0 Å². The predicted octanol–water partition coefficient (Wildman–Crippen LogP) is 1.95. The molecule has 2 fully saturated rings. The molecule has 0 amide bonds. The Morgan fingerprint density at radius 1 is 1.33 bits per heavy atom. The van der Waals surface area contributed by atoms with Gasteiger partial charge in [0.15, 0.2) is 0 Å². The van der Waals surface area contributed by atoms with Crippen LogP contribution in [0.2, 0.25) is 0 Å². The maximum absolute atomic E-state index is 9.55. The van der Waals surface area contributed by atoms with Crippen LogP contribution in [-0.2, 0) is 11.3 Å². The van der Waals surface area contributed by atoms with Crippen LogP contribution < -0.4 is 10.1 Å². The van der Waals surface area contributed by atoms with E-state index >= 15 is 0 Å². The van der Waals surface area contributed by atoms with Gasteiger partial charge in [0.25, 0.3) is 0 Å². The van der Waals surface area contributed by atoms with Crippen molar-refractivity contribution in [2.45, 2.75) is 32.4 Å². The summed E-state index contributed by atoms with van der Waals surface area (Å²) in [6, 6.07) is 6.70. The number of ether oxygens (including phenoxy) is 2. The molecule has 2 heterocycles. The monoisotopic (exact) mass is 334 g/mol. The number of nitrogens with one attached hydrogen (secondary N) is 1. The first-order chi connectivity index (χ1) is 11.7. The highest BCUT2D eigenvalue weighted by Gasteiger charge is 2.38. The summed E-state index contributed by atoms with van der Waals surface area (Å²) in [6.07, 6.45) is 2.59. The fourth-order valence-corrected chi connectivity index (χ4v) is 3.50. The molecule has 0 bridgehead atoms. The van der Waals surface area contributed by atoms with E-state index in [2.05, 4.69) is 35.3 Å². The lowest BCUT2D eigenvalue weighted by Crippen LogP contribution is -2.52. The largest absolute Gasteiger partial charge is 0.496 e. The minimum absolute atomic E-state index is 0.0981. The number of methoxy groups -OCH3 is 1. The van der Waals surface area contributed by atoms with E-state index in [1.165, 1.54) is 37.1 Å². The minimum Gasteiger partial charge on any atom is -0.496 e. The Balaban J connectivity index is 1.65. The van der Waals surface area contributed by atoms with Crippen molar-refractivity contribution in [3.8, 4) is 5.75 Å². The molecule has 5 heteroatoms. The second-order valence-corrected chi connectivity index (χ2v) is 7.31. The number of hydrogen-bond acceptors (Lipinski definition) is 5. The standard InChI is InChI=1S/C19H30N2O3/c1-15(20-11-19(12-22)13-24-14-19)16-5-6-18(23-2)17(9-16)10-21-7-3-4-8-21/h5-6,9,15,20,22H,3-4,7-8,10-14H2,1-2H3. The quantitative estimate of drug-likeness (QED) is 0.761. The maximum Gasteiger partial charge on any atom is 0.123 e. The van der Waals surface area contributed by atoms with Crippen LogP contribution >= 0.6 is 0 Å². The van der Waals surface area contributed by atoms with Crippen molar-refractivity contribution in [2.24, 2.45) is 5.41 Å². The molecule has 0 aliphatic carbocycles. The Kier molecular flexibility index (Phi) is 5.76. The molecule has 0 spiro atoms. The molecule has 24 heavy (non-hydrogen) atoms. The van der Waals surface area contributed by atoms with E-state index in [9.17, 15) is 5.11 Å². The van der Waals surface area contributed by atoms with Crippen molar-refractivity contribution in [1.29, 1.82) is 0 Å². The van der Waals surface area contributed by atoms with Gasteiger partial charge in [-0.15, -0.1) is 0 Å². The van der Waals surface area contributed by atoms with Crippen molar-refractivity contribution in [2.75, 3.05) is 46.6 Å². The fourth-order valence-electron chi connectivity index (χ4n) is 3.50. The summed E-state index contributed by atoms with van der Waals surface area (Å²) in [4.78, 5) is 2.49. The van der Waals surface area contributed by atoms with Gasteiger partial charge in [0.2, 0.25) is 0 Å². The van der Waals surface area contributed by atoms with E-state index in [4.69, 9.17) is 9.47 Å². The molecule has 2 aliphatic heterocycles. The van der Waals surface area contributed by atoms with Gasteiger partial charge in [0.1, 0.15) is 5.75 Å². The van der Waals surface area contributed by atoms with Gasteiger partial charge in [-0.25, -0.2) is 0 Å². The smallest absolute Gasteiger partial charge is 0.123 e. The molecular formula is C19H30N2O3. The molecule has 0 aromatic heterocycles. The Morgan fingerprint density at radius 3 is 2.67 bits per heavy atom. The molecule has 3 rings (SSSR count). The molecular weight excluding hydrogens is 304 g/mol. The lowest BCUT2D eigenvalue weighted by molar-refractivity contribution is -0.135. The molecule has 1 atom stereocenters. The average Bonchev–Trinajstić information content (AvgIpc) is 3.07. The molecule has 2 N–H and O–H groups in total.